The van der Waals surface area contributed by atoms with Gasteiger partial charge in [0, 0.05) is 0 Å². The molecule has 6 nitrogen and oxygen atoms in total. The van der Waals surface area contributed by atoms with Crippen molar-refractivity contribution < 1.29 is 15.0 Å². The summed E-state index contributed by atoms with van der Waals surface area (Å²) >= 11 is 0. The molecule has 0 radical (unpaired) electrons. The molecule has 0 spiro atoms. The topological polar surface area (TPSA) is 88.2 Å². The second-order valence-corrected chi connectivity index (χ2v) is 6.51. The number of aromatic carboxylic acids is 1. The number of aliphatic hydroxyl groups is 1. The average Bonchev–Trinajstić information content (AvgIpc) is 3.00. The molecule has 1 aromatic rings. The number of hydrogen-bond donors (Lipinski definition) is 2. The van der Waals surface area contributed by atoms with Crippen LogP contribution in [0.2, 0.25) is 0 Å². The van der Waals surface area contributed by atoms with Crippen molar-refractivity contribution in [2.24, 2.45) is 11.8 Å². The molecule has 1 aliphatic rings. The lowest BCUT2D eigenvalue weighted by Crippen LogP contribution is -2.22. The van der Waals surface area contributed by atoms with Crippen molar-refractivity contribution >= 4 is 5.97 Å². The van der Waals surface area contributed by atoms with Crippen LogP contribution in [0, 0.1) is 11.8 Å². The fourth-order valence-corrected chi connectivity index (χ4v) is 3.14. The first-order chi connectivity index (χ1) is 9.97. The Morgan fingerprint density at radius 3 is 2.62 bits per heavy atom. The predicted molar refractivity (Wildman–Crippen MR) is 78.1 cm³/mol. The van der Waals surface area contributed by atoms with Gasteiger partial charge < -0.3 is 10.2 Å². The van der Waals surface area contributed by atoms with Gasteiger partial charge >= 0.3 is 5.97 Å². The standard InChI is InChI=1S/C15H25N3O3/c1-10(2)7-13-14(15(20)21)16-17-18(13)9-12(19)8-11-5-3-4-6-11/h10-12,19H,3-9H2,1-2H3,(H,20,21). The highest BCUT2D eigenvalue weighted by Crippen LogP contribution is 2.29. The molecule has 2 rings (SSSR count). The quantitative estimate of drug-likeness (QED) is 0.804. The maximum Gasteiger partial charge on any atom is 0.358 e. The molecule has 1 heterocycles. The summed E-state index contributed by atoms with van der Waals surface area (Å²) in [7, 11) is 0. The normalized spacial score (nSPS) is 17.5. The molecule has 0 bridgehead atoms. The molecule has 0 aliphatic heterocycles. The third kappa shape index (κ3) is 4.27. The van der Waals surface area contributed by atoms with E-state index in [9.17, 15) is 15.0 Å². The van der Waals surface area contributed by atoms with Crippen LogP contribution in [0.15, 0.2) is 0 Å². The van der Waals surface area contributed by atoms with E-state index in [4.69, 9.17) is 0 Å². The van der Waals surface area contributed by atoms with Crippen LogP contribution in [0.25, 0.3) is 0 Å². The van der Waals surface area contributed by atoms with Gasteiger partial charge in [0.15, 0.2) is 5.69 Å². The molecule has 6 heteroatoms. The summed E-state index contributed by atoms with van der Waals surface area (Å²) in [6.07, 6.45) is 5.77. The number of carbonyl (C=O) groups is 1. The van der Waals surface area contributed by atoms with Crippen LogP contribution < -0.4 is 0 Å². The summed E-state index contributed by atoms with van der Waals surface area (Å²) in [6, 6.07) is 0. The molecule has 0 amide bonds. The lowest BCUT2D eigenvalue weighted by Gasteiger charge is -2.17. The summed E-state index contributed by atoms with van der Waals surface area (Å²) in [6.45, 7) is 4.38. The van der Waals surface area contributed by atoms with E-state index in [0.29, 0.717) is 30.5 Å². The van der Waals surface area contributed by atoms with Gasteiger partial charge in [-0.2, -0.15) is 0 Å². The second-order valence-electron chi connectivity index (χ2n) is 6.51. The fraction of sp³-hybridized carbons (Fsp3) is 0.800. The third-order valence-corrected chi connectivity index (χ3v) is 4.11. The summed E-state index contributed by atoms with van der Waals surface area (Å²) in [5, 5.41) is 27.1. The largest absolute Gasteiger partial charge is 0.476 e. The molecule has 21 heavy (non-hydrogen) atoms. The highest BCUT2D eigenvalue weighted by molar-refractivity contribution is 5.86. The first kappa shape index (κ1) is 15.9. The average molecular weight is 295 g/mol. The fourth-order valence-electron chi connectivity index (χ4n) is 3.14. The minimum Gasteiger partial charge on any atom is -0.476 e. The molecule has 1 unspecified atom stereocenters. The van der Waals surface area contributed by atoms with Crippen LogP contribution in [-0.4, -0.2) is 37.3 Å². The zero-order valence-electron chi connectivity index (χ0n) is 12.8. The molecule has 2 N–H and O–H groups in total. The van der Waals surface area contributed by atoms with Crippen molar-refractivity contribution in [1.82, 2.24) is 15.0 Å². The smallest absolute Gasteiger partial charge is 0.358 e. The Balaban J connectivity index is 2.05. The van der Waals surface area contributed by atoms with Crippen molar-refractivity contribution in [2.45, 2.75) is 65.0 Å². The minimum absolute atomic E-state index is 0.0109. The van der Waals surface area contributed by atoms with Gasteiger partial charge in [-0.25, -0.2) is 9.48 Å². The summed E-state index contributed by atoms with van der Waals surface area (Å²) in [5.74, 6) is -0.148. The van der Waals surface area contributed by atoms with Gasteiger partial charge in [-0.3, -0.25) is 0 Å². The van der Waals surface area contributed by atoms with Crippen LogP contribution in [0.5, 0.6) is 0 Å². The first-order valence-corrected chi connectivity index (χ1v) is 7.81. The van der Waals surface area contributed by atoms with Crippen LogP contribution >= 0.6 is 0 Å². The van der Waals surface area contributed by atoms with Crippen molar-refractivity contribution in [3.63, 3.8) is 0 Å². The number of hydrogen-bond acceptors (Lipinski definition) is 4. The number of nitrogens with zero attached hydrogens (tertiary/aromatic N) is 3. The summed E-state index contributed by atoms with van der Waals surface area (Å²) in [4.78, 5) is 11.2. The molecular formula is C15H25N3O3. The van der Waals surface area contributed by atoms with Crippen LogP contribution in [-0.2, 0) is 13.0 Å². The predicted octanol–water partition coefficient (Wildman–Crippen LogP) is 2.12. The zero-order chi connectivity index (χ0) is 15.4. The highest BCUT2D eigenvalue weighted by atomic mass is 16.4. The van der Waals surface area contributed by atoms with Gasteiger partial charge in [0.1, 0.15) is 0 Å². The number of aromatic nitrogens is 3. The monoisotopic (exact) mass is 295 g/mol. The third-order valence-electron chi connectivity index (χ3n) is 4.11. The van der Waals surface area contributed by atoms with Gasteiger partial charge in [-0.1, -0.05) is 44.7 Å². The van der Waals surface area contributed by atoms with Gasteiger partial charge in [0.2, 0.25) is 0 Å². The Hall–Kier alpha value is -1.43. The number of carboxylic acids is 1. The lowest BCUT2D eigenvalue weighted by atomic mass is 10.00. The van der Waals surface area contributed by atoms with Crippen molar-refractivity contribution in [3.8, 4) is 0 Å². The molecule has 0 aromatic carbocycles. The number of carboxylic acid groups (broad SMARTS) is 1. The second kappa shape index (κ2) is 7.02. The highest BCUT2D eigenvalue weighted by Gasteiger charge is 2.23. The van der Waals surface area contributed by atoms with E-state index in [1.54, 1.807) is 4.68 Å². The van der Waals surface area contributed by atoms with E-state index in [-0.39, 0.29) is 5.69 Å². The first-order valence-electron chi connectivity index (χ1n) is 7.81. The van der Waals surface area contributed by atoms with Crippen molar-refractivity contribution in [1.29, 1.82) is 0 Å². The van der Waals surface area contributed by atoms with Gasteiger partial charge in [-0.05, 0) is 24.7 Å². The Morgan fingerprint density at radius 2 is 2.05 bits per heavy atom. The molecule has 0 saturated heterocycles. The summed E-state index contributed by atoms with van der Waals surface area (Å²) < 4.78 is 1.57. The maximum absolute atomic E-state index is 11.2. The Kier molecular flexibility index (Phi) is 5.33. The number of rotatable bonds is 7. The van der Waals surface area contributed by atoms with E-state index in [1.165, 1.54) is 25.7 Å². The summed E-state index contributed by atoms with van der Waals surface area (Å²) in [5.41, 5.74) is 0.625. The van der Waals surface area contributed by atoms with Gasteiger partial charge in [-0.15, -0.1) is 5.10 Å². The van der Waals surface area contributed by atoms with Crippen molar-refractivity contribution in [2.75, 3.05) is 0 Å². The molecule has 118 valence electrons. The number of aliphatic hydroxyl groups excluding tert-OH is 1. The van der Waals surface area contributed by atoms with Crippen LogP contribution in [0.1, 0.15) is 62.1 Å². The molecule has 1 aromatic heterocycles. The lowest BCUT2D eigenvalue weighted by molar-refractivity contribution is 0.0688. The van der Waals surface area contributed by atoms with E-state index in [0.717, 1.165) is 6.42 Å². The van der Waals surface area contributed by atoms with Crippen molar-refractivity contribution in [3.05, 3.63) is 11.4 Å². The van der Waals surface area contributed by atoms with Gasteiger partial charge in [0.05, 0.1) is 18.3 Å². The zero-order valence-corrected chi connectivity index (χ0v) is 12.8. The molecule has 1 atom stereocenters. The molecular weight excluding hydrogens is 270 g/mol. The van der Waals surface area contributed by atoms with E-state index >= 15 is 0 Å². The molecule has 1 fully saturated rings. The molecule has 1 aliphatic carbocycles. The minimum atomic E-state index is -1.05. The van der Waals surface area contributed by atoms with Crippen LogP contribution in [0.3, 0.4) is 0 Å². The Labute approximate surface area is 125 Å². The Bertz CT molecular complexity index is 479. The maximum atomic E-state index is 11.2. The molecule has 1 saturated carbocycles. The van der Waals surface area contributed by atoms with E-state index in [1.807, 2.05) is 13.8 Å². The van der Waals surface area contributed by atoms with E-state index in [2.05, 4.69) is 10.3 Å². The Morgan fingerprint density at radius 1 is 1.38 bits per heavy atom. The van der Waals surface area contributed by atoms with Crippen LogP contribution in [0.4, 0.5) is 0 Å². The van der Waals surface area contributed by atoms with Gasteiger partial charge in [0.25, 0.3) is 0 Å². The SMILES string of the molecule is CC(C)Cc1c(C(=O)O)nnn1CC(O)CC1CCCC1. The van der Waals surface area contributed by atoms with E-state index < -0.39 is 12.1 Å².